The van der Waals surface area contributed by atoms with Crippen molar-refractivity contribution in [2.75, 3.05) is 46.3 Å². The molecule has 4 aliphatic rings. The second kappa shape index (κ2) is 16.8. The summed E-state index contributed by atoms with van der Waals surface area (Å²) in [6.45, 7) is 16.7. The maximum atomic E-state index is 14.1. The summed E-state index contributed by atoms with van der Waals surface area (Å²) < 4.78 is 19.5. The summed E-state index contributed by atoms with van der Waals surface area (Å²) >= 11 is 1.61. The van der Waals surface area contributed by atoms with E-state index in [0.29, 0.717) is 51.3 Å². The number of rotatable bonds is 8. The molecule has 2 fully saturated rings. The monoisotopic (exact) mass is 761 g/mol. The lowest BCUT2D eigenvalue weighted by molar-refractivity contribution is -0.155. The van der Waals surface area contributed by atoms with E-state index in [9.17, 15) is 14.4 Å². The van der Waals surface area contributed by atoms with Crippen LogP contribution in [0.3, 0.4) is 0 Å². The van der Waals surface area contributed by atoms with Crippen molar-refractivity contribution in [2.24, 2.45) is 15.4 Å². The third-order valence-corrected chi connectivity index (χ3v) is 11.9. The van der Waals surface area contributed by atoms with Gasteiger partial charge in [-0.15, -0.1) is 11.8 Å². The van der Waals surface area contributed by atoms with Crippen molar-refractivity contribution in [1.29, 1.82) is 0 Å². The van der Waals surface area contributed by atoms with E-state index in [1.54, 1.807) is 37.0 Å². The molecule has 2 saturated heterocycles. The Bertz CT molecular complexity index is 1860. The van der Waals surface area contributed by atoms with Gasteiger partial charge in [-0.2, -0.15) is 0 Å². The average molecular weight is 762 g/mol. The number of esters is 1. The molecule has 4 aliphatic heterocycles. The van der Waals surface area contributed by atoms with Crippen LogP contribution in [0.15, 0.2) is 46.5 Å². The lowest BCUT2D eigenvalue weighted by Crippen LogP contribution is -2.62. The summed E-state index contributed by atoms with van der Waals surface area (Å²) in [5.74, 6) is -0.0149. The molecule has 14 heteroatoms. The van der Waals surface area contributed by atoms with Gasteiger partial charge in [0.15, 0.2) is 0 Å². The van der Waals surface area contributed by atoms with Crippen LogP contribution in [0.5, 0.6) is 0 Å². The van der Waals surface area contributed by atoms with Gasteiger partial charge in [0.2, 0.25) is 0 Å². The Morgan fingerprint density at radius 3 is 2.76 bits per heavy atom. The number of aromatic nitrogens is 1. The maximum absolute atomic E-state index is 14.1. The number of aryl methyl sites for hydroxylation is 1. The number of thioether (sulfide) groups is 1. The topological polar surface area (TPSA) is 139 Å². The molecule has 0 radical (unpaired) electrons. The third-order valence-electron chi connectivity index (χ3n) is 10.8. The van der Waals surface area contributed by atoms with E-state index in [1.165, 1.54) is 5.01 Å². The predicted octanol–water partition coefficient (Wildman–Crippen LogP) is 5.29. The van der Waals surface area contributed by atoms with Gasteiger partial charge in [0.25, 0.3) is 5.91 Å². The molecule has 2 N–H and O–H groups in total. The number of cyclic esters (lactones) is 1. The molecule has 2 aromatic rings. The molecule has 0 spiro atoms. The van der Waals surface area contributed by atoms with Crippen molar-refractivity contribution in [3.05, 3.63) is 53.4 Å². The zero-order chi connectivity index (χ0) is 38.7. The van der Waals surface area contributed by atoms with Crippen molar-refractivity contribution in [3.63, 3.8) is 0 Å². The quantitative estimate of drug-likeness (QED) is 0.210. The first-order chi connectivity index (χ1) is 25.9. The van der Waals surface area contributed by atoms with Crippen molar-refractivity contribution < 1.29 is 28.6 Å². The predicted molar refractivity (Wildman–Crippen MR) is 214 cm³/mol. The Morgan fingerprint density at radius 2 is 2.09 bits per heavy atom. The second-order valence-electron chi connectivity index (χ2n) is 15.2. The van der Waals surface area contributed by atoms with Gasteiger partial charge in [0.1, 0.15) is 12.1 Å². The van der Waals surface area contributed by atoms with Crippen LogP contribution >= 0.6 is 11.8 Å². The zero-order valence-electron chi connectivity index (χ0n) is 32.6. The summed E-state index contributed by atoms with van der Waals surface area (Å²) in [4.78, 5) is 52.7. The molecular weight excluding hydrogens is 707 g/mol. The number of hydrazine groups is 1. The molecule has 6 bridgehead atoms. The first-order valence-electron chi connectivity index (χ1n) is 19.0. The van der Waals surface area contributed by atoms with Gasteiger partial charge in [-0.3, -0.25) is 24.6 Å². The minimum atomic E-state index is -0.889. The highest BCUT2D eigenvalue weighted by Gasteiger charge is 2.38. The van der Waals surface area contributed by atoms with E-state index in [4.69, 9.17) is 24.2 Å². The lowest BCUT2D eigenvalue weighted by atomic mass is 9.84. The normalized spacial score (nSPS) is 24.7. The average Bonchev–Trinajstić information content (AvgIpc) is 3.73. The zero-order valence-corrected chi connectivity index (χ0v) is 33.5. The Balaban J connectivity index is 1.47. The first-order valence-corrected chi connectivity index (χ1v) is 20.0. The van der Waals surface area contributed by atoms with Crippen molar-refractivity contribution in [2.45, 2.75) is 97.1 Å². The largest absolute Gasteiger partial charge is 0.464 e. The number of fused-ring (bicyclic) bond motifs is 5. The van der Waals surface area contributed by atoms with Gasteiger partial charge < -0.3 is 29.0 Å². The van der Waals surface area contributed by atoms with Crippen LogP contribution < -0.4 is 10.7 Å². The summed E-state index contributed by atoms with van der Waals surface area (Å²) in [5, 5.41) is 6.34. The van der Waals surface area contributed by atoms with Crippen LogP contribution in [0.1, 0.15) is 76.7 Å². The summed E-state index contributed by atoms with van der Waals surface area (Å²) in [6, 6.07) is 4.43. The minimum absolute atomic E-state index is 0.0475. The minimum Gasteiger partial charge on any atom is -0.464 e. The number of urea groups is 1. The molecule has 13 nitrogen and oxygen atoms in total. The number of likely N-dealkylation sites (N-methyl/N-ethyl adjacent to an activating group) is 1. The summed E-state index contributed by atoms with van der Waals surface area (Å²) in [7, 11) is 3.39. The number of carbonyl (C=O) groups excluding carboxylic acids is 3. The number of carbonyl (C=O) groups is 3. The van der Waals surface area contributed by atoms with Crippen LogP contribution in [0, 0.1) is 5.41 Å². The van der Waals surface area contributed by atoms with Crippen molar-refractivity contribution >= 4 is 57.4 Å². The fourth-order valence-electron chi connectivity index (χ4n) is 7.58. The molecule has 1 aromatic carbocycles. The van der Waals surface area contributed by atoms with Gasteiger partial charge in [-0.25, -0.2) is 10.2 Å². The number of hydrogen-bond acceptors (Lipinski definition) is 10. The summed E-state index contributed by atoms with van der Waals surface area (Å²) in [5.41, 5.74) is 8.62. The second-order valence-corrected chi connectivity index (χ2v) is 16.3. The molecule has 5 heterocycles. The summed E-state index contributed by atoms with van der Waals surface area (Å²) in [6.07, 6.45) is 5.33. The van der Waals surface area contributed by atoms with E-state index in [0.717, 1.165) is 44.0 Å². The number of aliphatic imine (C=N–C) groups is 2. The molecule has 0 aliphatic carbocycles. The third kappa shape index (κ3) is 8.17. The van der Waals surface area contributed by atoms with E-state index in [2.05, 4.69) is 60.9 Å². The molecular formula is C40H55N7O6S. The molecule has 4 atom stereocenters. The molecule has 6 rings (SSSR count). The first kappa shape index (κ1) is 39.7. The van der Waals surface area contributed by atoms with Gasteiger partial charge >= 0.3 is 12.0 Å². The van der Waals surface area contributed by atoms with Crippen LogP contribution in [-0.4, -0.2) is 114 Å². The highest BCUT2D eigenvalue weighted by molar-refractivity contribution is 8.14. The number of methoxy groups -OCH3 is 1. The van der Waals surface area contributed by atoms with Gasteiger partial charge in [0, 0.05) is 67.5 Å². The van der Waals surface area contributed by atoms with Crippen LogP contribution in [0.2, 0.25) is 0 Å². The van der Waals surface area contributed by atoms with Crippen LogP contribution in [0.4, 0.5) is 4.79 Å². The highest BCUT2D eigenvalue weighted by Crippen LogP contribution is 2.41. The number of hydrogen-bond donors (Lipinski definition) is 2. The molecule has 0 saturated carbocycles. The number of ether oxygens (including phenoxy) is 3. The Morgan fingerprint density at radius 1 is 1.31 bits per heavy atom. The van der Waals surface area contributed by atoms with Crippen LogP contribution in [-0.2, 0) is 36.8 Å². The Hall–Kier alpha value is -3.98. The SMILES string of the molecule is C=C/C(=C(\N=C/C)[C@H](C)OC)c1c2c3cc(ccc3n1CC)C1CSC(=N1)C[C@H](NC(=O)N(C)C1COC1)C(=O)N1CCC[C@H](N1)C(=O)OCC(C)(C)C2. The fraction of sp³-hybridized carbons (Fsp3) is 0.575. The molecule has 3 amide bonds. The number of nitrogens with one attached hydrogen (secondary N) is 2. The Kier molecular flexibility index (Phi) is 12.4. The van der Waals surface area contributed by atoms with Gasteiger partial charge in [-0.05, 0) is 63.3 Å². The lowest BCUT2D eigenvalue weighted by Gasteiger charge is -2.37. The smallest absolute Gasteiger partial charge is 0.324 e. The molecule has 54 heavy (non-hydrogen) atoms. The van der Waals surface area contributed by atoms with Crippen LogP contribution in [0.25, 0.3) is 16.5 Å². The fourth-order valence-corrected chi connectivity index (χ4v) is 8.68. The van der Waals surface area contributed by atoms with Crippen molar-refractivity contribution in [3.8, 4) is 0 Å². The maximum Gasteiger partial charge on any atom is 0.324 e. The number of allylic oxidation sites excluding steroid dienone is 2. The number of nitrogens with zero attached hydrogens (tertiary/aromatic N) is 5. The van der Waals surface area contributed by atoms with E-state index in [-0.39, 0.29) is 43.2 Å². The van der Waals surface area contributed by atoms with E-state index in [1.807, 2.05) is 19.9 Å². The molecule has 1 unspecified atom stereocenters. The standard InChI is InChI=1S/C40H55N7O6S/c1-9-27(35(41-10-2)24(4)51-8)36-29-19-40(5,6)23-53-38(49)30-13-12-16-47(44-30)37(48)31(43-39(50)45(7)26-20-52-21-26)18-34-42-32(22-54-34)25-14-15-33(28(29)17-25)46(36)11-3/h9-10,14-15,17,24,26,30-32,44H,1,11-13,16,18-23H2,2-8H3,(H,43,50)/b35-27+,41-10-/t24-,30-,31-,32?/m0/s1. The van der Waals surface area contributed by atoms with Gasteiger partial charge in [-0.1, -0.05) is 32.6 Å². The van der Waals surface area contributed by atoms with Crippen molar-refractivity contribution in [1.82, 2.24) is 25.2 Å². The Labute approximate surface area is 322 Å². The number of amides is 3. The molecule has 292 valence electrons. The van der Waals surface area contributed by atoms with E-state index >= 15 is 0 Å². The van der Waals surface area contributed by atoms with E-state index < -0.39 is 23.5 Å². The highest BCUT2D eigenvalue weighted by atomic mass is 32.2. The number of benzene rings is 1. The molecule has 1 aromatic heterocycles. The van der Waals surface area contributed by atoms with Gasteiger partial charge in [0.05, 0.1) is 54.4 Å².